The monoisotopic (exact) mass is 400 g/mol. The van der Waals surface area contributed by atoms with Crippen molar-refractivity contribution in [2.45, 2.75) is 52.3 Å². The Morgan fingerprint density at radius 1 is 1.00 bits per heavy atom. The summed E-state index contributed by atoms with van der Waals surface area (Å²) in [4.78, 5) is 18.2. The van der Waals surface area contributed by atoms with Crippen LogP contribution in [0.4, 0.5) is 4.79 Å². The molecule has 0 aromatic rings. The fourth-order valence-corrected chi connectivity index (χ4v) is 2.48. The van der Waals surface area contributed by atoms with Crippen LogP contribution in [0.15, 0.2) is 0 Å². The van der Waals surface area contributed by atoms with Crippen LogP contribution in [-0.2, 0) is 4.74 Å². The van der Waals surface area contributed by atoms with Crippen LogP contribution < -0.4 is 5.32 Å². The van der Waals surface area contributed by atoms with Crippen LogP contribution in [0.5, 0.6) is 0 Å². The number of piperazine rings is 2. The summed E-state index contributed by atoms with van der Waals surface area (Å²) in [5, 5.41) is 3.32. The van der Waals surface area contributed by atoms with Gasteiger partial charge in [0.2, 0.25) is 0 Å². The third-order valence-electron chi connectivity index (χ3n) is 4.44. The first-order valence-electron chi connectivity index (χ1n) is 8.69. The summed E-state index contributed by atoms with van der Waals surface area (Å²) in [5.41, 5.74) is -0.399. The van der Waals surface area contributed by atoms with Gasteiger partial charge in [-0.15, -0.1) is 24.8 Å². The number of likely N-dealkylation sites (N-methyl/N-ethyl adjacent to an activating group) is 2. The van der Waals surface area contributed by atoms with Gasteiger partial charge in [-0.25, -0.2) is 4.79 Å². The summed E-state index contributed by atoms with van der Waals surface area (Å²) in [5.74, 6) is 0. The first-order valence-corrected chi connectivity index (χ1v) is 8.69. The van der Waals surface area contributed by atoms with E-state index in [9.17, 15) is 4.79 Å². The molecule has 2 saturated heterocycles. The third-order valence-corrected chi connectivity index (χ3v) is 4.44. The van der Waals surface area contributed by atoms with Crippen molar-refractivity contribution < 1.29 is 9.53 Å². The topological polar surface area (TPSA) is 48.1 Å². The Hall–Kier alpha value is -0.270. The van der Waals surface area contributed by atoms with E-state index in [0.717, 1.165) is 38.8 Å². The number of hydrogen-bond acceptors (Lipinski definition) is 5. The van der Waals surface area contributed by atoms with Gasteiger partial charge in [0, 0.05) is 51.4 Å². The lowest BCUT2D eigenvalue weighted by atomic mass is 10.2. The standard InChI is InChI=1S/C11H22N2O2.C6H14N2.2ClH/c1-9-8-13(7-6-12(9)5)10(14)15-11(2,3)4;1-6-5-7-3-4-8(6)2;;/h9H,6-8H2,1-5H3;6-7H,3-5H2,1-2H3;2*1H/t9-;6-;;/m11../s1. The maximum absolute atomic E-state index is 11.8. The number of halogens is 2. The Balaban J connectivity index is 0. The molecule has 152 valence electrons. The average molecular weight is 401 g/mol. The van der Waals surface area contributed by atoms with E-state index in [1.807, 2.05) is 20.8 Å². The number of amides is 1. The van der Waals surface area contributed by atoms with E-state index in [0.29, 0.717) is 6.04 Å². The van der Waals surface area contributed by atoms with Gasteiger partial charge in [0.1, 0.15) is 5.60 Å². The van der Waals surface area contributed by atoms with Crippen molar-refractivity contribution in [1.29, 1.82) is 0 Å². The number of carbonyl (C=O) groups is 1. The molecule has 2 aliphatic heterocycles. The van der Waals surface area contributed by atoms with Gasteiger partial charge in [-0.1, -0.05) is 0 Å². The first kappa shape index (κ1) is 27.0. The average Bonchev–Trinajstić information content (AvgIpc) is 2.44. The highest BCUT2D eigenvalue weighted by molar-refractivity contribution is 5.85. The molecule has 2 atom stereocenters. The molecule has 2 heterocycles. The number of rotatable bonds is 0. The zero-order valence-electron chi connectivity index (χ0n) is 16.9. The molecule has 8 heteroatoms. The molecule has 0 radical (unpaired) electrons. The van der Waals surface area contributed by atoms with E-state index in [1.54, 1.807) is 4.90 Å². The number of ether oxygens (including phenoxy) is 1. The molecule has 1 amide bonds. The summed E-state index contributed by atoms with van der Waals surface area (Å²) < 4.78 is 5.33. The molecule has 0 unspecified atom stereocenters. The summed E-state index contributed by atoms with van der Waals surface area (Å²) >= 11 is 0. The fourth-order valence-electron chi connectivity index (χ4n) is 2.48. The van der Waals surface area contributed by atoms with Gasteiger partial charge in [-0.3, -0.25) is 0 Å². The van der Waals surface area contributed by atoms with Crippen molar-refractivity contribution in [2.75, 3.05) is 53.4 Å². The lowest BCUT2D eigenvalue weighted by Gasteiger charge is -2.38. The van der Waals surface area contributed by atoms with Gasteiger partial charge in [0.15, 0.2) is 0 Å². The maximum atomic E-state index is 11.8. The van der Waals surface area contributed by atoms with E-state index < -0.39 is 5.60 Å². The molecule has 0 spiro atoms. The summed E-state index contributed by atoms with van der Waals surface area (Å²) in [7, 11) is 4.25. The molecule has 6 nitrogen and oxygen atoms in total. The van der Waals surface area contributed by atoms with Crippen molar-refractivity contribution in [2.24, 2.45) is 0 Å². The Kier molecular flexibility index (Phi) is 13.1. The predicted octanol–water partition coefficient (Wildman–Crippen LogP) is 2.31. The molecular formula is C17H38Cl2N4O2. The molecular weight excluding hydrogens is 363 g/mol. The molecule has 0 aromatic heterocycles. The molecule has 1 N–H and O–H groups in total. The highest BCUT2D eigenvalue weighted by Gasteiger charge is 2.27. The molecule has 0 aromatic carbocycles. The van der Waals surface area contributed by atoms with Gasteiger partial charge >= 0.3 is 6.09 Å². The Morgan fingerprint density at radius 3 is 1.96 bits per heavy atom. The van der Waals surface area contributed by atoms with Crippen molar-refractivity contribution >= 4 is 30.9 Å². The van der Waals surface area contributed by atoms with Crippen molar-refractivity contribution in [3.63, 3.8) is 0 Å². The third kappa shape index (κ3) is 10.5. The highest BCUT2D eigenvalue weighted by Crippen LogP contribution is 2.13. The summed E-state index contributed by atoms with van der Waals surface area (Å²) in [6.45, 7) is 16.0. The lowest BCUT2D eigenvalue weighted by Crippen LogP contribution is -2.52. The van der Waals surface area contributed by atoms with Gasteiger partial charge in [0.25, 0.3) is 0 Å². The molecule has 0 aliphatic carbocycles. The highest BCUT2D eigenvalue weighted by atomic mass is 35.5. The van der Waals surface area contributed by atoms with Crippen LogP contribution in [0.2, 0.25) is 0 Å². The fraction of sp³-hybridized carbons (Fsp3) is 0.941. The van der Waals surface area contributed by atoms with Crippen LogP contribution in [0.3, 0.4) is 0 Å². The number of carbonyl (C=O) groups excluding carboxylic acids is 1. The quantitative estimate of drug-likeness (QED) is 0.675. The Morgan fingerprint density at radius 2 is 1.56 bits per heavy atom. The van der Waals surface area contributed by atoms with Crippen LogP contribution in [-0.4, -0.2) is 91.8 Å². The van der Waals surface area contributed by atoms with E-state index in [1.165, 1.54) is 6.54 Å². The maximum Gasteiger partial charge on any atom is 0.410 e. The number of nitrogens with one attached hydrogen (secondary N) is 1. The Labute approximate surface area is 166 Å². The van der Waals surface area contributed by atoms with E-state index in [4.69, 9.17) is 4.74 Å². The normalized spacial score (nSPS) is 25.0. The SMILES string of the molecule is C[C@@H]1CN(C(=O)OC(C)(C)C)CCN1C.C[C@@H]1CNCCN1C.Cl.Cl. The summed E-state index contributed by atoms with van der Waals surface area (Å²) in [6.07, 6.45) is -0.192. The van der Waals surface area contributed by atoms with Crippen LogP contribution in [0.1, 0.15) is 34.6 Å². The molecule has 0 saturated carbocycles. The van der Waals surface area contributed by atoms with Crippen molar-refractivity contribution in [3.05, 3.63) is 0 Å². The van der Waals surface area contributed by atoms with Crippen molar-refractivity contribution in [1.82, 2.24) is 20.0 Å². The number of hydrogen-bond donors (Lipinski definition) is 1. The minimum atomic E-state index is -0.399. The van der Waals surface area contributed by atoms with Gasteiger partial charge in [0.05, 0.1) is 0 Å². The molecule has 2 aliphatic rings. The van der Waals surface area contributed by atoms with E-state index in [2.05, 4.69) is 43.1 Å². The Bertz CT molecular complexity index is 370. The minimum absolute atomic E-state index is 0. The van der Waals surface area contributed by atoms with Crippen molar-refractivity contribution in [3.8, 4) is 0 Å². The minimum Gasteiger partial charge on any atom is -0.444 e. The van der Waals surface area contributed by atoms with Gasteiger partial charge in [-0.2, -0.15) is 0 Å². The van der Waals surface area contributed by atoms with Gasteiger partial charge in [-0.05, 0) is 48.7 Å². The second-order valence-corrected chi connectivity index (χ2v) is 7.79. The lowest BCUT2D eigenvalue weighted by molar-refractivity contribution is 0.00930. The summed E-state index contributed by atoms with van der Waals surface area (Å²) in [6, 6.07) is 1.13. The van der Waals surface area contributed by atoms with Gasteiger partial charge < -0.3 is 24.8 Å². The smallest absolute Gasteiger partial charge is 0.410 e. The molecule has 2 rings (SSSR count). The van der Waals surface area contributed by atoms with E-state index >= 15 is 0 Å². The molecule has 0 bridgehead atoms. The van der Waals surface area contributed by atoms with E-state index in [-0.39, 0.29) is 30.9 Å². The largest absolute Gasteiger partial charge is 0.444 e. The first-order chi connectivity index (χ1) is 10.6. The van der Waals surface area contributed by atoms with Crippen LogP contribution >= 0.6 is 24.8 Å². The zero-order chi connectivity index (χ0) is 17.6. The second kappa shape index (κ2) is 12.2. The number of nitrogens with zero attached hydrogens (tertiary/aromatic N) is 3. The van der Waals surface area contributed by atoms with Crippen LogP contribution in [0, 0.1) is 0 Å². The van der Waals surface area contributed by atoms with Crippen LogP contribution in [0.25, 0.3) is 0 Å². The second-order valence-electron chi connectivity index (χ2n) is 7.79. The zero-order valence-corrected chi connectivity index (χ0v) is 18.5. The molecule has 2 fully saturated rings. The molecule has 25 heavy (non-hydrogen) atoms. The predicted molar refractivity (Wildman–Crippen MR) is 109 cm³/mol.